The van der Waals surface area contributed by atoms with E-state index in [2.05, 4.69) is 9.88 Å². The van der Waals surface area contributed by atoms with Crippen molar-refractivity contribution in [3.63, 3.8) is 0 Å². The fourth-order valence-corrected chi connectivity index (χ4v) is 3.49. The first-order valence-corrected chi connectivity index (χ1v) is 6.91. The highest BCUT2D eigenvalue weighted by atomic mass is 35.5. The summed E-state index contributed by atoms with van der Waals surface area (Å²) in [7, 11) is 0. The lowest BCUT2D eigenvalue weighted by Crippen LogP contribution is -2.45. The van der Waals surface area contributed by atoms with Gasteiger partial charge in [0.25, 0.3) is 5.56 Å². The van der Waals surface area contributed by atoms with Crippen LogP contribution in [0, 0.1) is 5.82 Å². The van der Waals surface area contributed by atoms with Gasteiger partial charge < -0.3 is 0 Å². The van der Waals surface area contributed by atoms with Gasteiger partial charge in [-0.25, -0.2) is 4.79 Å². The van der Waals surface area contributed by atoms with Gasteiger partial charge in [0, 0.05) is 12.6 Å². The first kappa shape index (κ1) is 12.9. The van der Waals surface area contributed by atoms with Gasteiger partial charge in [-0.3, -0.25) is 19.2 Å². The van der Waals surface area contributed by atoms with Crippen molar-refractivity contribution >= 4 is 11.6 Å². The molecule has 0 radical (unpaired) electrons. The van der Waals surface area contributed by atoms with Crippen LogP contribution in [0.5, 0.6) is 0 Å². The Bertz CT molecular complexity index is 612. The molecule has 2 fully saturated rings. The van der Waals surface area contributed by atoms with Crippen molar-refractivity contribution < 1.29 is 4.39 Å². The van der Waals surface area contributed by atoms with Gasteiger partial charge in [0.1, 0.15) is 0 Å². The number of hydrogen-bond donors (Lipinski definition) is 1. The molecule has 2 unspecified atom stereocenters. The van der Waals surface area contributed by atoms with E-state index < -0.39 is 22.2 Å². The Hall–Kier alpha value is -1.14. The minimum Gasteiger partial charge on any atom is -0.298 e. The van der Waals surface area contributed by atoms with Crippen molar-refractivity contribution in [2.45, 2.75) is 37.8 Å². The van der Waals surface area contributed by atoms with Crippen LogP contribution in [0.15, 0.2) is 9.59 Å². The van der Waals surface area contributed by atoms with Gasteiger partial charge in [0.05, 0.1) is 6.04 Å². The van der Waals surface area contributed by atoms with Gasteiger partial charge in [-0.1, -0.05) is 18.0 Å². The number of H-pyrrole nitrogens is 1. The van der Waals surface area contributed by atoms with E-state index in [-0.39, 0.29) is 12.1 Å². The van der Waals surface area contributed by atoms with Crippen LogP contribution in [-0.2, 0) is 0 Å². The van der Waals surface area contributed by atoms with Gasteiger partial charge in [-0.2, -0.15) is 4.39 Å². The van der Waals surface area contributed by atoms with Crippen LogP contribution in [0.3, 0.4) is 0 Å². The standard InChI is InChI=1S/C12H15ClFN3O2/c13-10-9(14)11(18)17(12(19)15-10)8-4-6-16-5-2-1-3-7(8)16/h7-8H,1-6H2,(H,15,19). The van der Waals surface area contributed by atoms with Crippen molar-refractivity contribution in [3.8, 4) is 0 Å². The summed E-state index contributed by atoms with van der Waals surface area (Å²) >= 11 is 5.48. The quantitative estimate of drug-likeness (QED) is 0.788. The van der Waals surface area contributed by atoms with Crippen molar-refractivity contribution in [1.82, 2.24) is 14.5 Å². The van der Waals surface area contributed by atoms with Gasteiger partial charge in [-0.05, 0) is 25.8 Å². The molecule has 3 heterocycles. The van der Waals surface area contributed by atoms with Gasteiger partial charge in [-0.15, -0.1) is 0 Å². The number of rotatable bonds is 1. The second-order valence-electron chi connectivity index (χ2n) is 5.19. The maximum Gasteiger partial charge on any atom is 0.329 e. The number of nitrogens with one attached hydrogen (secondary N) is 1. The van der Waals surface area contributed by atoms with Gasteiger partial charge in [0.2, 0.25) is 5.82 Å². The third kappa shape index (κ3) is 2.03. The minimum absolute atomic E-state index is 0.160. The number of piperidine rings is 1. The Labute approximate surface area is 114 Å². The smallest absolute Gasteiger partial charge is 0.298 e. The molecule has 1 N–H and O–H groups in total. The van der Waals surface area contributed by atoms with E-state index in [4.69, 9.17) is 11.6 Å². The molecule has 2 aliphatic heterocycles. The van der Waals surface area contributed by atoms with Gasteiger partial charge >= 0.3 is 5.69 Å². The average molecular weight is 288 g/mol. The van der Waals surface area contributed by atoms with Gasteiger partial charge in [0.15, 0.2) is 5.15 Å². The lowest BCUT2D eigenvalue weighted by Gasteiger charge is -2.32. The van der Waals surface area contributed by atoms with Crippen molar-refractivity contribution in [2.75, 3.05) is 13.1 Å². The number of nitrogens with zero attached hydrogens (tertiary/aromatic N) is 2. The predicted octanol–water partition coefficient (Wildman–Crippen LogP) is 1.13. The fraction of sp³-hybridized carbons (Fsp3) is 0.667. The Morgan fingerprint density at radius 2 is 1.95 bits per heavy atom. The highest BCUT2D eigenvalue weighted by Crippen LogP contribution is 2.33. The molecule has 2 aliphatic rings. The predicted molar refractivity (Wildman–Crippen MR) is 69.2 cm³/mol. The second kappa shape index (κ2) is 4.76. The molecular weight excluding hydrogens is 273 g/mol. The SMILES string of the molecule is O=c1[nH]c(Cl)c(F)c(=O)n1C1CCN2CCCCC12. The molecule has 0 spiro atoms. The molecule has 2 saturated heterocycles. The van der Waals surface area contributed by atoms with E-state index in [9.17, 15) is 14.0 Å². The van der Waals surface area contributed by atoms with E-state index in [0.717, 1.165) is 36.9 Å². The minimum atomic E-state index is -1.07. The molecule has 0 amide bonds. The topological polar surface area (TPSA) is 58.1 Å². The molecule has 2 atom stereocenters. The summed E-state index contributed by atoms with van der Waals surface area (Å²) in [6.07, 6.45) is 3.87. The molecule has 0 saturated carbocycles. The van der Waals surface area contributed by atoms with E-state index in [1.165, 1.54) is 0 Å². The number of halogens is 2. The number of fused-ring (bicyclic) bond motifs is 1. The summed E-state index contributed by atoms with van der Waals surface area (Å²) in [5, 5.41) is -0.509. The molecule has 104 valence electrons. The third-order valence-electron chi connectivity index (χ3n) is 4.19. The molecule has 0 aromatic carbocycles. The molecule has 5 nitrogen and oxygen atoms in total. The Kier molecular flexibility index (Phi) is 3.22. The maximum absolute atomic E-state index is 13.6. The van der Waals surface area contributed by atoms with Crippen molar-refractivity contribution in [2.24, 2.45) is 0 Å². The van der Waals surface area contributed by atoms with Crippen LogP contribution < -0.4 is 11.2 Å². The van der Waals surface area contributed by atoms with Crippen LogP contribution in [0.2, 0.25) is 5.15 Å². The van der Waals surface area contributed by atoms with Crippen LogP contribution in [-0.4, -0.2) is 33.6 Å². The second-order valence-corrected chi connectivity index (χ2v) is 5.57. The van der Waals surface area contributed by atoms with E-state index in [1.54, 1.807) is 0 Å². The third-order valence-corrected chi connectivity index (χ3v) is 4.45. The first-order chi connectivity index (χ1) is 9.09. The zero-order valence-corrected chi connectivity index (χ0v) is 11.1. The highest BCUT2D eigenvalue weighted by Gasteiger charge is 2.38. The van der Waals surface area contributed by atoms with E-state index >= 15 is 0 Å². The largest absolute Gasteiger partial charge is 0.329 e. The Morgan fingerprint density at radius 1 is 1.16 bits per heavy atom. The Morgan fingerprint density at radius 3 is 2.74 bits per heavy atom. The molecule has 0 bridgehead atoms. The monoisotopic (exact) mass is 287 g/mol. The van der Waals surface area contributed by atoms with Crippen LogP contribution in [0.25, 0.3) is 0 Å². The molecule has 1 aromatic heterocycles. The normalized spacial score (nSPS) is 27.5. The van der Waals surface area contributed by atoms with Crippen LogP contribution in [0.4, 0.5) is 4.39 Å². The van der Waals surface area contributed by atoms with E-state index in [1.807, 2.05) is 0 Å². The van der Waals surface area contributed by atoms with E-state index in [0.29, 0.717) is 6.42 Å². The molecule has 1 aromatic rings. The fourth-order valence-electron chi connectivity index (χ4n) is 3.32. The summed E-state index contributed by atoms with van der Waals surface area (Å²) in [6.45, 7) is 1.84. The lowest BCUT2D eigenvalue weighted by molar-refractivity contribution is 0.170. The summed E-state index contributed by atoms with van der Waals surface area (Å²) in [5.74, 6) is -1.07. The molecule has 7 heteroatoms. The van der Waals surface area contributed by atoms with Crippen molar-refractivity contribution in [3.05, 3.63) is 31.8 Å². The van der Waals surface area contributed by atoms with Crippen LogP contribution in [0.1, 0.15) is 31.7 Å². The highest BCUT2D eigenvalue weighted by molar-refractivity contribution is 6.29. The molecular formula is C12H15ClFN3O2. The zero-order chi connectivity index (χ0) is 13.6. The summed E-state index contributed by atoms with van der Waals surface area (Å²) in [6, 6.07) is -0.0866. The summed E-state index contributed by atoms with van der Waals surface area (Å²) in [4.78, 5) is 28.3. The maximum atomic E-state index is 13.6. The van der Waals surface area contributed by atoms with Crippen LogP contribution >= 0.6 is 11.6 Å². The Balaban J connectivity index is 2.06. The number of hydrogen-bond acceptors (Lipinski definition) is 3. The number of aromatic nitrogens is 2. The summed E-state index contributed by atoms with van der Waals surface area (Å²) < 4.78 is 14.6. The number of aromatic amines is 1. The average Bonchev–Trinajstić information content (AvgIpc) is 2.81. The summed E-state index contributed by atoms with van der Waals surface area (Å²) in [5.41, 5.74) is -1.53. The molecule has 19 heavy (non-hydrogen) atoms. The first-order valence-electron chi connectivity index (χ1n) is 6.53. The lowest BCUT2D eigenvalue weighted by atomic mass is 9.99. The zero-order valence-electron chi connectivity index (χ0n) is 10.4. The molecule has 3 rings (SSSR count). The van der Waals surface area contributed by atoms with Crippen molar-refractivity contribution in [1.29, 1.82) is 0 Å². The molecule has 0 aliphatic carbocycles.